The largest absolute Gasteiger partial charge is 0.496 e. The van der Waals surface area contributed by atoms with Crippen LogP contribution in [0.3, 0.4) is 0 Å². The Morgan fingerprint density at radius 3 is 2.65 bits per heavy atom. The van der Waals surface area contributed by atoms with Gasteiger partial charge in [0.15, 0.2) is 0 Å². The standard InChI is InChI=1S/C14H20N2O/c1-5-11(3)16-13(9-15)12-6-7-14(17-4)10(2)8-12/h6-8,11,13,16H,5H2,1-4H3. The van der Waals surface area contributed by atoms with Crippen molar-refractivity contribution in [3.63, 3.8) is 0 Å². The first-order valence-electron chi connectivity index (χ1n) is 5.92. The first-order valence-corrected chi connectivity index (χ1v) is 5.92. The number of rotatable bonds is 5. The molecule has 0 amide bonds. The Morgan fingerprint density at radius 1 is 1.47 bits per heavy atom. The minimum atomic E-state index is -0.255. The van der Waals surface area contributed by atoms with Crippen LogP contribution in [0.5, 0.6) is 5.75 Å². The van der Waals surface area contributed by atoms with Gasteiger partial charge in [-0.15, -0.1) is 0 Å². The Balaban J connectivity index is 2.90. The van der Waals surface area contributed by atoms with E-state index in [1.807, 2.05) is 25.1 Å². The lowest BCUT2D eigenvalue weighted by Gasteiger charge is -2.18. The highest BCUT2D eigenvalue weighted by atomic mass is 16.5. The fourth-order valence-corrected chi connectivity index (χ4v) is 1.69. The van der Waals surface area contributed by atoms with Gasteiger partial charge in [-0.05, 0) is 43.5 Å². The summed E-state index contributed by atoms with van der Waals surface area (Å²) in [5.74, 6) is 0.856. The van der Waals surface area contributed by atoms with Gasteiger partial charge in [-0.3, -0.25) is 5.32 Å². The molecule has 0 aliphatic rings. The molecule has 0 bridgehead atoms. The molecule has 0 aromatic heterocycles. The van der Waals surface area contributed by atoms with Crippen molar-refractivity contribution in [2.24, 2.45) is 0 Å². The summed E-state index contributed by atoms with van der Waals surface area (Å²) < 4.78 is 5.21. The van der Waals surface area contributed by atoms with Crippen LogP contribution in [0.4, 0.5) is 0 Å². The Bertz CT molecular complexity index is 409. The summed E-state index contributed by atoms with van der Waals surface area (Å²) in [6.45, 7) is 6.17. The second kappa shape index (κ2) is 6.27. The van der Waals surface area contributed by atoms with E-state index in [1.54, 1.807) is 7.11 Å². The number of ether oxygens (including phenoxy) is 1. The molecule has 0 heterocycles. The number of nitrogens with one attached hydrogen (secondary N) is 1. The van der Waals surface area contributed by atoms with Gasteiger partial charge in [0.1, 0.15) is 11.8 Å². The van der Waals surface area contributed by atoms with E-state index in [1.165, 1.54) is 0 Å². The van der Waals surface area contributed by atoms with Crippen molar-refractivity contribution < 1.29 is 4.74 Å². The van der Waals surface area contributed by atoms with E-state index in [0.29, 0.717) is 6.04 Å². The predicted octanol–water partition coefficient (Wildman–Crippen LogP) is 2.96. The SMILES string of the molecule is CCC(C)NC(C#N)c1ccc(OC)c(C)c1. The lowest BCUT2D eigenvalue weighted by Crippen LogP contribution is -2.29. The lowest BCUT2D eigenvalue weighted by atomic mass is 10.0. The third kappa shape index (κ3) is 3.47. The third-order valence-electron chi connectivity index (χ3n) is 2.94. The van der Waals surface area contributed by atoms with Crippen molar-refractivity contribution in [1.29, 1.82) is 5.26 Å². The Hall–Kier alpha value is -1.53. The molecule has 1 N–H and O–H groups in total. The number of aryl methyl sites for hydroxylation is 1. The van der Waals surface area contributed by atoms with Gasteiger partial charge < -0.3 is 4.74 Å². The summed E-state index contributed by atoms with van der Waals surface area (Å²) in [4.78, 5) is 0. The summed E-state index contributed by atoms with van der Waals surface area (Å²) in [6.07, 6.45) is 1.01. The van der Waals surface area contributed by atoms with Crippen LogP contribution >= 0.6 is 0 Å². The van der Waals surface area contributed by atoms with E-state index >= 15 is 0 Å². The van der Waals surface area contributed by atoms with Crippen LogP contribution in [-0.4, -0.2) is 13.2 Å². The van der Waals surface area contributed by atoms with Crippen molar-refractivity contribution in [1.82, 2.24) is 5.32 Å². The average molecular weight is 232 g/mol. The van der Waals surface area contributed by atoms with E-state index in [-0.39, 0.29) is 6.04 Å². The van der Waals surface area contributed by atoms with E-state index < -0.39 is 0 Å². The van der Waals surface area contributed by atoms with Gasteiger partial charge in [0.2, 0.25) is 0 Å². The highest BCUT2D eigenvalue weighted by molar-refractivity contribution is 5.38. The Kier molecular flexibility index (Phi) is 4.99. The van der Waals surface area contributed by atoms with E-state index in [4.69, 9.17) is 4.74 Å². The number of hydrogen-bond donors (Lipinski definition) is 1. The normalized spacial score (nSPS) is 13.8. The first-order chi connectivity index (χ1) is 8.12. The smallest absolute Gasteiger partial charge is 0.121 e. The van der Waals surface area contributed by atoms with Crippen LogP contribution in [0.2, 0.25) is 0 Å². The van der Waals surface area contributed by atoms with Crippen molar-refractivity contribution in [2.75, 3.05) is 7.11 Å². The van der Waals surface area contributed by atoms with Gasteiger partial charge >= 0.3 is 0 Å². The quantitative estimate of drug-likeness (QED) is 0.849. The fourth-order valence-electron chi connectivity index (χ4n) is 1.69. The monoisotopic (exact) mass is 232 g/mol. The maximum Gasteiger partial charge on any atom is 0.121 e. The van der Waals surface area contributed by atoms with Gasteiger partial charge in [-0.2, -0.15) is 5.26 Å². The molecule has 0 radical (unpaired) electrons. The molecule has 3 nitrogen and oxygen atoms in total. The minimum Gasteiger partial charge on any atom is -0.496 e. The summed E-state index contributed by atoms with van der Waals surface area (Å²) in [7, 11) is 1.65. The average Bonchev–Trinajstić information content (AvgIpc) is 2.35. The number of nitrogens with zero attached hydrogens (tertiary/aromatic N) is 1. The zero-order valence-electron chi connectivity index (χ0n) is 10.9. The molecule has 0 saturated carbocycles. The molecule has 92 valence electrons. The molecule has 17 heavy (non-hydrogen) atoms. The topological polar surface area (TPSA) is 45.0 Å². The van der Waals surface area contributed by atoms with Crippen LogP contribution in [-0.2, 0) is 0 Å². The molecule has 1 aromatic carbocycles. The maximum absolute atomic E-state index is 9.20. The molecular weight excluding hydrogens is 212 g/mol. The van der Waals surface area contributed by atoms with E-state index in [2.05, 4.69) is 25.2 Å². The fraction of sp³-hybridized carbons (Fsp3) is 0.500. The Morgan fingerprint density at radius 2 is 2.18 bits per heavy atom. The maximum atomic E-state index is 9.20. The first kappa shape index (κ1) is 13.5. The van der Waals surface area contributed by atoms with Crippen molar-refractivity contribution in [3.8, 4) is 11.8 Å². The molecule has 1 rings (SSSR count). The van der Waals surface area contributed by atoms with Gasteiger partial charge in [-0.25, -0.2) is 0 Å². The zero-order valence-corrected chi connectivity index (χ0v) is 10.9. The van der Waals surface area contributed by atoms with Crippen molar-refractivity contribution >= 4 is 0 Å². The number of nitriles is 1. The molecule has 3 heteroatoms. The summed E-state index contributed by atoms with van der Waals surface area (Å²) in [5, 5.41) is 12.5. The van der Waals surface area contributed by atoms with Crippen LogP contribution in [0.15, 0.2) is 18.2 Å². The highest BCUT2D eigenvalue weighted by Gasteiger charge is 2.13. The lowest BCUT2D eigenvalue weighted by molar-refractivity contribution is 0.411. The van der Waals surface area contributed by atoms with Gasteiger partial charge in [0.05, 0.1) is 13.2 Å². The Labute approximate surface area is 103 Å². The molecular formula is C14H20N2O. The molecule has 2 atom stereocenters. The van der Waals surface area contributed by atoms with Crippen molar-refractivity contribution in [3.05, 3.63) is 29.3 Å². The number of methoxy groups -OCH3 is 1. The second-order valence-electron chi connectivity index (χ2n) is 4.27. The van der Waals surface area contributed by atoms with Crippen LogP contribution < -0.4 is 10.1 Å². The molecule has 0 aliphatic carbocycles. The molecule has 0 saturated heterocycles. The molecule has 1 aromatic rings. The van der Waals surface area contributed by atoms with Gasteiger partial charge in [0.25, 0.3) is 0 Å². The van der Waals surface area contributed by atoms with E-state index in [0.717, 1.165) is 23.3 Å². The molecule has 0 fully saturated rings. The molecule has 2 unspecified atom stereocenters. The minimum absolute atomic E-state index is 0.255. The summed E-state index contributed by atoms with van der Waals surface area (Å²) in [5.41, 5.74) is 2.04. The van der Waals surface area contributed by atoms with Gasteiger partial charge in [-0.1, -0.05) is 13.0 Å². The van der Waals surface area contributed by atoms with E-state index in [9.17, 15) is 5.26 Å². The molecule has 0 aliphatic heterocycles. The highest BCUT2D eigenvalue weighted by Crippen LogP contribution is 2.22. The second-order valence-corrected chi connectivity index (χ2v) is 4.27. The predicted molar refractivity (Wildman–Crippen MR) is 69.0 cm³/mol. The number of benzene rings is 1. The zero-order chi connectivity index (χ0) is 12.8. The molecule has 0 spiro atoms. The van der Waals surface area contributed by atoms with Crippen LogP contribution in [0, 0.1) is 18.3 Å². The third-order valence-corrected chi connectivity index (χ3v) is 2.94. The van der Waals surface area contributed by atoms with Crippen LogP contribution in [0.1, 0.15) is 37.4 Å². The summed E-state index contributed by atoms with van der Waals surface area (Å²) >= 11 is 0. The van der Waals surface area contributed by atoms with Crippen molar-refractivity contribution in [2.45, 2.75) is 39.3 Å². The van der Waals surface area contributed by atoms with Gasteiger partial charge in [0, 0.05) is 6.04 Å². The number of hydrogen-bond acceptors (Lipinski definition) is 3. The summed E-state index contributed by atoms with van der Waals surface area (Å²) in [6, 6.07) is 8.23. The van der Waals surface area contributed by atoms with Crippen LogP contribution in [0.25, 0.3) is 0 Å².